The minimum atomic E-state index is -0.115. The van der Waals surface area contributed by atoms with Gasteiger partial charge in [0.1, 0.15) is 0 Å². The highest BCUT2D eigenvalue weighted by Crippen LogP contribution is 2.42. The molecule has 1 unspecified atom stereocenters. The maximum atomic E-state index is 9.72. The van der Waals surface area contributed by atoms with Crippen molar-refractivity contribution in [2.75, 3.05) is 0 Å². The van der Waals surface area contributed by atoms with Gasteiger partial charge in [-0.1, -0.05) is 38.3 Å². The number of unbranched alkanes of at least 4 members (excludes halogenated alkanes) is 1. The number of hydrogen-bond donors (Lipinski definition) is 1. The van der Waals surface area contributed by atoms with Crippen molar-refractivity contribution in [1.82, 2.24) is 0 Å². The highest BCUT2D eigenvalue weighted by atomic mass is 16.3. The molecule has 1 N–H and O–H groups in total. The molecule has 0 radical (unpaired) electrons. The summed E-state index contributed by atoms with van der Waals surface area (Å²) in [6.07, 6.45) is 5.48. The lowest BCUT2D eigenvalue weighted by atomic mass is 9.70. The second kappa shape index (κ2) is 4.48. The fraction of sp³-hybridized carbons (Fsp3) is 0.846. The van der Waals surface area contributed by atoms with Crippen LogP contribution in [0.1, 0.15) is 59.8 Å². The van der Waals surface area contributed by atoms with Crippen molar-refractivity contribution in [3.05, 3.63) is 11.1 Å². The molecule has 0 bridgehead atoms. The smallest absolute Gasteiger partial charge is 0.0585 e. The number of aliphatic hydroxyl groups is 1. The van der Waals surface area contributed by atoms with E-state index in [1.807, 2.05) is 0 Å². The van der Waals surface area contributed by atoms with E-state index in [1.165, 1.54) is 24.8 Å². The summed E-state index contributed by atoms with van der Waals surface area (Å²) in [7, 11) is 0. The highest BCUT2D eigenvalue weighted by molar-refractivity contribution is 5.23. The van der Waals surface area contributed by atoms with Crippen molar-refractivity contribution in [1.29, 1.82) is 0 Å². The molecule has 0 aliphatic heterocycles. The van der Waals surface area contributed by atoms with Crippen molar-refractivity contribution < 1.29 is 5.11 Å². The van der Waals surface area contributed by atoms with Gasteiger partial charge in [-0.2, -0.15) is 0 Å². The molecule has 0 amide bonds. The quantitative estimate of drug-likeness (QED) is 0.683. The van der Waals surface area contributed by atoms with Gasteiger partial charge >= 0.3 is 0 Å². The number of allylic oxidation sites excluding steroid dienone is 1. The molecular formula is C13H24O. The summed E-state index contributed by atoms with van der Waals surface area (Å²) < 4.78 is 0. The summed E-state index contributed by atoms with van der Waals surface area (Å²) in [5.41, 5.74) is 3.25. The molecular weight excluding hydrogens is 172 g/mol. The molecule has 0 aromatic heterocycles. The van der Waals surface area contributed by atoms with E-state index in [0.717, 1.165) is 12.8 Å². The van der Waals surface area contributed by atoms with Crippen LogP contribution in [0, 0.1) is 5.41 Å². The molecule has 0 aromatic carbocycles. The van der Waals surface area contributed by atoms with E-state index in [1.54, 1.807) is 5.57 Å². The SMILES string of the molecule is CCCCC1=C(C)CC(O)CC1(C)C. The summed E-state index contributed by atoms with van der Waals surface area (Å²) in [5.74, 6) is 0. The second-order valence-corrected chi connectivity index (χ2v) is 5.31. The third kappa shape index (κ3) is 2.60. The Morgan fingerprint density at radius 1 is 1.43 bits per heavy atom. The predicted octanol–water partition coefficient (Wildman–Crippen LogP) is 3.67. The van der Waals surface area contributed by atoms with Crippen molar-refractivity contribution >= 4 is 0 Å². The van der Waals surface area contributed by atoms with Crippen molar-refractivity contribution in [3.63, 3.8) is 0 Å². The lowest BCUT2D eigenvalue weighted by Crippen LogP contribution is -2.29. The molecule has 1 atom stereocenters. The molecule has 1 aliphatic rings. The molecule has 1 aliphatic carbocycles. The first kappa shape index (κ1) is 11.8. The Kier molecular flexibility index (Phi) is 3.77. The topological polar surface area (TPSA) is 20.2 Å². The van der Waals surface area contributed by atoms with Crippen LogP contribution in [0.3, 0.4) is 0 Å². The van der Waals surface area contributed by atoms with Crippen molar-refractivity contribution in [3.8, 4) is 0 Å². The van der Waals surface area contributed by atoms with Crippen LogP contribution in [0.2, 0.25) is 0 Å². The third-order valence-electron chi connectivity index (χ3n) is 3.40. The Labute approximate surface area is 88.2 Å². The van der Waals surface area contributed by atoms with Crippen LogP contribution in [0.15, 0.2) is 11.1 Å². The predicted molar refractivity (Wildman–Crippen MR) is 61.2 cm³/mol. The summed E-state index contributed by atoms with van der Waals surface area (Å²) in [6, 6.07) is 0. The fourth-order valence-corrected chi connectivity index (χ4v) is 2.74. The van der Waals surface area contributed by atoms with Crippen LogP contribution in [0.5, 0.6) is 0 Å². The third-order valence-corrected chi connectivity index (χ3v) is 3.40. The standard InChI is InChI=1S/C13H24O/c1-5-6-7-12-10(2)8-11(14)9-13(12,3)4/h11,14H,5-9H2,1-4H3. The lowest BCUT2D eigenvalue weighted by Gasteiger charge is -2.37. The summed E-state index contributed by atoms with van der Waals surface area (Å²) in [4.78, 5) is 0. The summed E-state index contributed by atoms with van der Waals surface area (Å²) >= 11 is 0. The Morgan fingerprint density at radius 3 is 2.57 bits per heavy atom. The van der Waals surface area contributed by atoms with E-state index >= 15 is 0 Å². The molecule has 0 spiro atoms. The van der Waals surface area contributed by atoms with E-state index < -0.39 is 0 Å². The van der Waals surface area contributed by atoms with Crippen molar-refractivity contribution in [2.45, 2.75) is 65.9 Å². The van der Waals surface area contributed by atoms with Gasteiger partial charge in [0, 0.05) is 0 Å². The first-order valence-corrected chi connectivity index (χ1v) is 5.84. The molecule has 1 heteroatoms. The van der Waals surface area contributed by atoms with Gasteiger partial charge in [-0.05, 0) is 38.0 Å². The average Bonchev–Trinajstić information content (AvgIpc) is 2.00. The summed E-state index contributed by atoms with van der Waals surface area (Å²) in [5, 5.41) is 9.72. The van der Waals surface area contributed by atoms with Crippen LogP contribution in [-0.2, 0) is 0 Å². The molecule has 82 valence electrons. The van der Waals surface area contributed by atoms with Crippen LogP contribution >= 0.6 is 0 Å². The number of aliphatic hydroxyl groups excluding tert-OH is 1. The van der Waals surface area contributed by atoms with Gasteiger partial charge in [0.25, 0.3) is 0 Å². The van der Waals surface area contributed by atoms with Crippen LogP contribution < -0.4 is 0 Å². The van der Waals surface area contributed by atoms with E-state index in [4.69, 9.17) is 0 Å². The van der Waals surface area contributed by atoms with Gasteiger partial charge in [0.2, 0.25) is 0 Å². The fourth-order valence-electron chi connectivity index (χ4n) is 2.74. The van der Waals surface area contributed by atoms with E-state index in [0.29, 0.717) is 0 Å². The zero-order valence-corrected chi connectivity index (χ0v) is 10.1. The number of hydrogen-bond acceptors (Lipinski definition) is 1. The first-order valence-electron chi connectivity index (χ1n) is 5.84. The summed E-state index contributed by atoms with van der Waals surface area (Å²) in [6.45, 7) is 8.96. The highest BCUT2D eigenvalue weighted by Gasteiger charge is 2.31. The molecule has 14 heavy (non-hydrogen) atoms. The van der Waals surface area contributed by atoms with Gasteiger partial charge in [-0.25, -0.2) is 0 Å². The van der Waals surface area contributed by atoms with Gasteiger partial charge in [0.05, 0.1) is 6.10 Å². The Balaban J connectivity index is 2.80. The maximum absolute atomic E-state index is 9.72. The molecule has 1 nitrogen and oxygen atoms in total. The molecule has 0 heterocycles. The van der Waals surface area contributed by atoms with Gasteiger partial charge in [0.15, 0.2) is 0 Å². The Bertz CT molecular complexity index is 225. The minimum Gasteiger partial charge on any atom is -0.393 e. The first-order chi connectivity index (χ1) is 6.47. The normalized spacial score (nSPS) is 26.8. The Hall–Kier alpha value is -0.300. The van der Waals surface area contributed by atoms with E-state index in [-0.39, 0.29) is 11.5 Å². The maximum Gasteiger partial charge on any atom is 0.0585 e. The van der Waals surface area contributed by atoms with E-state index in [9.17, 15) is 5.11 Å². The molecule has 0 saturated carbocycles. The zero-order valence-electron chi connectivity index (χ0n) is 10.1. The van der Waals surface area contributed by atoms with Gasteiger partial charge in [-0.15, -0.1) is 0 Å². The molecule has 0 saturated heterocycles. The largest absolute Gasteiger partial charge is 0.393 e. The zero-order chi connectivity index (χ0) is 10.8. The molecule has 1 rings (SSSR count). The van der Waals surface area contributed by atoms with Crippen LogP contribution in [0.25, 0.3) is 0 Å². The van der Waals surface area contributed by atoms with Crippen LogP contribution in [-0.4, -0.2) is 11.2 Å². The van der Waals surface area contributed by atoms with Gasteiger partial charge < -0.3 is 5.11 Å². The molecule has 0 aromatic rings. The van der Waals surface area contributed by atoms with Crippen molar-refractivity contribution in [2.24, 2.45) is 5.41 Å². The monoisotopic (exact) mass is 196 g/mol. The van der Waals surface area contributed by atoms with Crippen LogP contribution in [0.4, 0.5) is 0 Å². The number of rotatable bonds is 3. The lowest BCUT2D eigenvalue weighted by molar-refractivity contribution is 0.113. The second-order valence-electron chi connectivity index (χ2n) is 5.31. The average molecular weight is 196 g/mol. The van der Waals surface area contributed by atoms with E-state index in [2.05, 4.69) is 27.7 Å². The minimum absolute atomic E-state index is 0.115. The van der Waals surface area contributed by atoms with Gasteiger partial charge in [-0.3, -0.25) is 0 Å². The Morgan fingerprint density at radius 2 is 2.07 bits per heavy atom. The molecule has 0 fully saturated rings.